The highest BCUT2D eigenvalue weighted by Gasteiger charge is 2.14. The molecule has 0 saturated carbocycles. The van der Waals surface area contributed by atoms with Gasteiger partial charge in [-0.15, -0.1) is 0 Å². The zero-order chi connectivity index (χ0) is 10.7. The summed E-state index contributed by atoms with van der Waals surface area (Å²) < 4.78 is 0. The molecule has 0 aromatic rings. The van der Waals surface area contributed by atoms with Crippen LogP contribution in [-0.4, -0.2) is 25.0 Å². The van der Waals surface area contributed by atoms with Gasteiger partial charge >= 0.3 is 6.03 Å². The minimum atomic E-state index is -0.0712. The quantitative estimate of drug-likeness (QED) is 0.681. The molecule has 1 rings (SSSR count). The van der Waals surface area contributed by atoms with E-state index >= 15 is 0 Å². The van der Waals surface area contributed by atoms with Crippen molar-refractivity contribution in [3.8, 4) is 0 Å². The summed E-state index contributed by atoms with van der Waals surface area (Å²) in [6.07, 6.45) is 5.15. The average Bonchev–Trinajstić information content (AvgIpc) is 2.12. The lowest BCUT2D eigenvalue weighted by Gasteiger charge is -2.21. The first-order chi connectivity index (χ1) is 6.52. The first-order valence-electron chi connectivity index (χ1n) is 4.88. The zero-order valence-electron chi connectivity index (χ0n) is 9.29. The number of amides is 2. The van der Waals surface area contributed by atoms with Gasteiger partial charge in [0.05, 0.1) is 0 Å². The fraction of sp³-hybridized carbons (Fsp3) is 0.545. The molecule has 0 aliphatic heterocycles. The van der Waals surface area contributed by atoms with Crippen molar-refractivity contribution in [2.24, 2.45) is 5.92 Å². The standard InChI is InChI=1S/C11H18N2O/c1-8-6-5-7-10(9(8)2)12-11(14)13(3)4/h5,7-8H,6H2,1-4H3,(H,12,14). The van der Waals surface area contributed by atoms with Gasteiger partial charge in [0.25, 0.3) is 0 Å². The Morgan fingerprint density at radius 1 is 1.57 bits per heavy atom. The van der Waals surface area contributed by atoms with E-state index < -0.39 is 0 Å². The topological polar surface area (TPSA) is 32.3 Å². The Labute approximate surface area is 85.5 Å². The third kappa shape index (κ3) is 2.37. The zero-order valence-corrected chi connectivity index (χ0v) is 9.29. The third-order valence-corrected chi connectivity index (χ3v) is 2.59. The van der Waals surface area contributed by atoms with Gasteiger partial charge in [-0.3, -0.25) is 0 Å². The minimum absolute atomic E-state index is 0.0712. The van der Waals surface area contributed by atoms with E-state index in [0.717, 1.165) is 12.1 Å². The van der Waals surface area contributed by atoms with Crippen LogP contribution < -0.4 is 5.32 Å². The van der Waals surface area contributed by atoms with E-state index in [4.69, 9.17) is 0 Å². The molecule has 78 valence electrons. The van der Waals surface area contributed by atoms with Crippen LogP contribution in [0.3, 0.4) is 0 Å². The monoisotopic (exact) mass is 194 g/mol. The number of hydrogen-bond donors (Lipinski definition) is 1. The molecule has 3 nitrogen and oxygen atoms in total. The van der Waals surface area contributed by atoms with Gasteiger partial charge in [-0.05, 0) is 30.9 Å². The van der Waals surface area contributed by atoms with Crippen molar-refractivity contribution >= 4 is 6.03 Å². The molecule has 0 aromatic carbocycles. The molecule has 0 spiro atoms. The molecule has 1 unspecified atom stereocenters. The predicted molar refractivity (Wildman–Crippen MR) is 57.8 cm³/mol. The third-order valence-electron chi connectivity index (χ3n) is 2.59. The van der Waals surface area contributed by atoms with E-state index in [2.05, 4.69) is 25.2 Å². The highest BCUT2D eigenvalue weighted by atomic mass is 16.2. The first kappa shape index (κ1) is 10.8. The molecule has 2 amide bonds. The molecular formula is C11H18N2O. The Morgan fingerprint density at radius 2 is 2.21 bits per heavy atom. The molecule has 0 radical (unpaired) electrons. The highest BCUT2D eigenvalue weighted by molar-refractivity contribution is 5.76. The summed E-state index contributed by atoms with van der Waals surface area (Å²) >= 11 is 0. The van der Waals surface area contributed by atoms with Crippen LogP contribution in [0.1, 0.15) is 20.3 Å². The van der Waals surface area contributed by atoms with Gasteiger partial charge in [0, 0.05) is 19.8 Å². The van der Waals surface area contributed by atoms with Crippen molar-refractivity contribution in [2.45, 2.75) is 20.3 Å². The molecule has 0 aromatic heterocycles. The molecule has 1 atom stereocenters. The Morgan fingerprint density at radius 3 is 2.79 bits per heavy atom. The van der Waals surface area contributed by atoms with Crippen LogP contribution in [0, 0.1) is 5.92 Å². The number of hydrogen-bond acceptors (Lipinski definition) is 1. The summed E-state index contributed by atoms with van der Waals surface area (Å²) in [6.45, 7) is 4.24. The maximum absolute atomic E-state index is 11.4. The maximum atomic E-state index is 11.4. The van der Waals surface area contributed by atoms with Crippen molar-refractivity contribution < 1.29 is 4.79 Å². The Hall–Kier alpha value is -1.25. The van der Waals surface area contributed by atoms with Gasteiger partial charge in [-0.1, -0.05) is 13.0 Å². The van der Waals surface area contributed by atoms with Gasteiger partial charge in [0.1, 0.15) is 0 Å². The normalized spacial score (nSPS) is 21.0. The van der Waals surface area contributed by atoms with Crippen LogP contribution in [0.25, 0.3) is 0 Å². The van der Waals surface area contributed by atoms with Gasteiger partial charge in [0.15, 0.2) is 0 Å². The Bertz CT molecular complexity index is 290. The molecular weight excluding hydrogens is 176 g/mol. The van der Waals surface area contributed by atoms with Crippen LogP contribution >= 0.6 is 0 Å². The summed E-state index contributed by atoms with van der Waals surface area (Å²) in [4.78, 5) is 12.9. The smallest absolute Gasteiger partial charge is 0.321 e. The number of rotatable bonds is 1. The van der Waals surface area contributed by atoms with Crippen LogP contribution in [-0.2, 0) is 0 Å². The molecule has 3 heteroatoms. The van der Waals surface area contributed by atoms with Crippen molar-refractivity contribution in [1.82, 2.24) is 10.2 Å². The number of allylic oxidation sites excluding steroid dienone is 3. The van der Waals surface area contributed by atoms with E-state index in [1.807, 2.05) is 6.08 Å². The SMILES string of the molecule is CC1=C(NC(=O)N(C)C)C=CCC1C. The lowest BCUT2D eigenvalue weighted by Crippen LogP contribution is -2.34. The van der Waals surface area contributed by atoms with Crippen LogP contribution in [0.15, 0.2) is 23.4 Å². The molecule has 1 aliphatic carbocycles. The molecule has 0 bridgehead atoms. The lowest BCUT2D eigenvalue weighted by molar-refractivity contribution is 0.220. The number of nitrogens with zero attached hydrogens (tertiary/aromatic N) is 1. The summed E-state index contributed by atoms with van der Waals surface area (Å²) in [6, 6.07) is -0.0712. The molecule has 1 N–H and O–H groups in total. The summed E-state index contributed by atoms with van der Waals surface area (Å²) in [5.74, 6) is 0.525. The van der Waals surface area contributed by atoms with E-state index in [9.17, 15) is 4.79 Å². The van der Waals surface area contributed by atoms with E-state index in [-0.39, 0.29) is 6.03 Å². The van der Waals surface area contributed by atoms with Crippen LogP contribution in [0.5, 0.6) is 0 Å². The van der Waals surface area contributed by atoms with Gasteiger partial charge in [-0.2, -0.15) is 0 Å². The highest BCUT2D eigenvalue weighted by Crippen LogP contribution is 2.22. The van der Waals surface area contributed by atoms with Gasteiger partial charge < -0.3 is 10.2 Å². The molecule has 0 saturated heterocycles. The van der Waals surface area contributed by atoms with Crippen LogP contribution in [0.2, 0.25) is 0 Å². The Balaban J connectivity index is 2.73. The van der Waals surface area contributed by atoms with Crippen molar-refractivity contribution in [2.75, 3.05) is 14.1 Å². The molecule has 1 aliphatic rings. The van der Waals surface area contributed by atoms with Gasteiger partial charge in [0.2, 0.25) is 0 Å². The predicted octanol–water partition coefficient (Wildman–Crippen LogP) is 2.13. The maximum Gasteiger partial charge on any atom is 0.321 e. The van der Waals surface area contributed by atoms with Crippen molar-refractivity contribution in [1.29, 1.82) is 0 Å². The number of carbonyl (C=O) groups is 1. The average molecular weight is 194 g/mol. The van der Waals surface area contributed by atoms with Crippen LogP contribution in [0.4, 0.5) is 4.79 Å². The van der Waals surface area contributed by atoms with Crippen molar-refractivity contribution in [3.63, 3.8) is 0 Å². The summed E-state index contributed by atoms with van der Waals surface area (Å²) in [5, 5.41) is 2.88. The fourth-order valence-corrected chi connectivity index (χ4v) is 1.33. The molecule has 14 heavy (non-hydrogen) atoms. The number of nitrogens with one attached hydrogen (secondary N) is 1. The first-order valence-corrected chi connectivity index (χ1v) is 4.88. The number of carbonyl (C=O) groups excluding carboxylic acids is 1. The Kier molecular flexibility index (Phi) is 3.33. The second-order valence-corrected chi connectivity index (χ2v) is 3.96. The summed E-state index contributed by atoms with van der Waals surface area (Å²) in [5.41, 5.74) is 2.20. The van der Waals surface area contributed by atoms with E-state index in [1.54, 1.807) is 14.1 Å². The minimum Gasteiger partial charge on any atom is -0.331 e. The van der Waals surface area contributed by atoms with Crippen molar-refractivity contribution in [3.05, 3.63) is 23.4 Å². The number of urea groups is 1. The van der Waals surface area contributed by atoms with Gasteiger partial charge in [-0.25, -0.2) is 4.79 Å². The molecule has 0 heterocycles. The van der Waals surface area contributed by atoms with E-state index in [1.165, 1.54) is 10.5 Å². The largest absolute Gasteiger partial charge is 0.331 e. The lowest BCUT2D eigenvalue weighted by atomic mass is 9.93. The van der Waals surface area contributed by atoms with E-state index in [0.29, 0.717) is 5.92 Å². The second kappa shape index (κ2) is 4.31. The second-order valence-electron chi connectivity index (χ2n) is 3.96. The molecule has 0 fully saturated rings. The summed E-state index contributed by atoms with van der Waals surface area (Å²) in [7, 11) is 3.47. The fourth-order valence-electron chi connectivity index (χ4n) is 1.33.